The van der Waals surface area contributed by atoms with Crippen LogP contribution < -0.4 is 10.1 Å². The van der Waals surface area contributed by atoms with Crippen LogP contribution >= 0.6 is 39.1 Å². The molecule has 1 fully saturated rings. The maximum atomic E-state index is 13.7. The van der Waals surface area contributed by atoms with Crippen molar-refractivity contribution in [1.29, 1.82) is 0 Å². The van der Waals surface area contributed by atoms with E-state index in [1.807, 2.05) is 42.5 Å². The lowest BCUT2D eigenvalue weighted by molar-refractivity contribution is -0.143. The average molecular weight is 604 g/mol. The minimum absolute atomic E-state index is 0.126. The van der Waals surface area contributed by atoms with Crippen molar-refractivity contribution in [2.45, 2.75) is 50.7 Å². The van der Waals surface area contributed by atoms with E-state index in [1.165, 1.54) is 0 Å². The lowest BCUT2D eigenvalue weighted by atomic mass is 10.0. The first-order valence-corrected chi connectivity index (χ1v) is 13.9. The van der Waals surface area contributed by atoms with Crippen LogP contribution in [0.15, 0.2) is 77.3 Å². The molecule has 1 N–H and O–H groups in total. The van der Waals surface area contributed by atoms with Crippen LogP contribution in [0.2, 0.25) is 10.0 Å². The van der Waals surface area contributed by atoms with Gasteiger partial charge in [-0.2, -0.15) is 0 Å². The Hall–Kier alpha value is -2.54. The monoisotopic (exact) mass is 602 g/mol. The molecule has 37 heavy (non-hydrogen) atoms. The van der Waals surface area contributed by atoms with Gasteiger partial charge in [0.2, 0.25) is 5.91 Å². The second-order valence-corrected chi connectivity index (χ2v) is 11.0. The molecular weight excluding hydrogens is 575 g/mol. The zero-order chi connectivity index (χ0) is 26.2. The zero-order valence-electron chi connectivity index (χ0n) is 20.3. The van der Waals surface area contributed by atoms with Crippen LogP contribution in [0.1, 0.15) is 36.8 Å². The van der Waals surface area contributed by atoms with Crippen molar-refractivity contribution in [1.82, 2.24) is 10.2 Å². The molecule has 194 valence electrons. The van der Waals surface area contributed by atoms with Gasteiger partial charge in [-0.3, -0.25) is 9.59 Å². The topological polar surface area (TPSA) is 58.6 Å². The number of hydrogen-bond donors (Lipinski definition) is 1. The maximum Gasteiger partial charge on any atom is 0.261 e. The summed E-state index contributed by atoms with van der Waals surface area (Å²) in [6, 6.07) is 21.5. The van der Waals surface area contributed by atoms with Crippen molar-refractivity contribution >= 4 is 50.9 Å². The average Bonchev–Trinajstić information content (AvgIpc) is 3.40. The molecular formula is C29H29BrCl2N2O3. The molecule has 4 rings (SSSR count). The number of carbonyl (C=O) groups excluding carboxylic acids is 2. The van der Waals surface area contributed by atoms with Gasteiger partial charge < -0.3 is 15.0 Å². The number of carbonyl (C=O) groups is 2. The van der Waals surface area contributed by atoms with Gasteiger partial charge >= 0.3 is 0 Å². The van der Waals surface area contributed by atoms with Crippen molar-refractivity contribution in [2.75, 3.05) is 6.61 Å². The normalized spacial score (nSPS) is 14.2. The largest absolute Gasteiger partial charge is 0.484 e. The summed E-state index contributed by atoms with van der Waals surface area (Å²) in [7, 11) is 0. The van der Waals surface area contributed by atoms with Gasteiger partial charge in [-0.25, -0.2) is 0 Å². The minimum atomic E-state index is -0.740. The quantitative estimate of drug-likeness (QED) is 0.276. The summed E-state index contributed by atoms with van der Waals surface area (Å²) in [5.41, 5.74) is 1.66. The van der Waals surface area contributed by atoms with E-state index in [4.69, 9.17) is 27.9 Å². The van der Waals surface area contributed by atoms with Crippen LogP contribution in [0, 0.1) is 0 Å². The SMILES string of the molecule is O=C(NC1CCCC1)[C@H](Cc1ccccc1)N(Cc1ccc(Cl)cc1Cl)C(=O)COc1ccc(Br)cc1. The molecule has 3 aromatic rings. The molecule has 0 unspecified atom stereocenters. The summed E-state index contributed by atoms with van der Waals surface area (Å²) in [6.07, 6.45) is 4.46. The predicted molar refractivity (Wildman–Crippen MR) is 151 cm³/mol. The first-order chi connectivity index (χ1) is 17.9. The number of hydrogen-bond acceptors (Lipinski definition) is 3. The molecule has 0 heterocycles. The van der Waals surface area contributed by atoms with Crippen molar-refractivity contribution < 1.29 is 14.3 Å². The minimum Gasteiger partial charge on any atom is -0.484 e. The van der Waals surface area contributed by atoms with Crippen molar-refractivity contribution in [3.05, 3.63) is 98.4 Å². The summed E-state index contributed by atoms with van der Waals surface area (Å²) in [6.45, 7) is -0.0665. The lowest BCUT2D eigenvalue weighted by Gasteiger charge is -2.32. The van der Waals surface area contributed by atoms with Crippen LogP contribution in [0.4, 0.5) is 0 Å². The van der Waals surface area contributed by atoms with Crippen LogP contribution in [-0.4, -0.2) is 35.4 Å². The van der Waals surface area contributed by atoms with Gasteiger partial charge in [-0.05, 0) is 60.4 Å². The Morgan fingerprint density at radius 1 is 1.00 bits per heavy atom. The Morgan fingerprint density at radius 2 is 1.70 bits per heavy atom. The highest BCUT2D eigenvalue weighted by atomic mass is 79.9. The Morgan fingerprint density at radius 3 is 2.38 bits per heavy atom. The Kier molecular flexibility index (Phi) is 9.89. The molecule has 3 aromatic carbocycles. The Balaban J connectivity index is 1.63. The third-order valence-electron chi connectivity index (χ3n) is 6.50. The third-order valence-corrected chi connectivity index (χ3v) is 7.62. The van der Waals surface area contributed by atoms with Crippen molar-refractivity contribution in [2.24, 2.45) is 0 Å². The fraction of sp³-hybridized carbons (Fsp3) is 0.310. The molecule has 8 heteroatoms. The highest BCUT2D eigenvalue weighted by Gasteiger charge is 2.32. The second-order valence-electron chi connectivity index (χ2n) is 9.20. The van der Waals surface area contributed by atoms with Crippen molar-refractivity contribution in [3.8, 4) is 5.75 Å². The van der Waals surface area contributed by atoms with E-state index in [2.05, 4.69) is 21.2 Å². The van der Waals surface area contributed by atoms with Gasteiger partial charge in [0, 0.05) is 33.5 Å². The van der Waals surface area contributed by atoms with Gasteiger partial charge in [0.15, 0.2) is 6.61 Å². The number of benzene rings is 3. The van der Waals surface area contributed by atoms with E-state index in [0.717, 1.165) is 35.7 Å². The molecule has 0 bridgehead atoms. The number of ether oxygens (including phenoxy) is 1. The summed E-state index contributed by atoms with van der Waals surface area (Å²) in [5, 5.41) is 4.13. The molecule has 0 radical (unpaired) electrons. The molecule has 1 saturated carbocycles. The Labute approximate surface area is 236 Å². The van der Waals surface area contributed by atoms with Crippen LogP contribution in [-0.2, 0) is 22.6 Å². The Bertz CT molecular complexity index is 1200. The first-order valence-electron chi connectivity index (χ1n) is 12.3. The molecule has 5 nitrogen and oxygen atoms in total. The van der Waals surface area contributed by atoms with E-state index in [-0.39, 0.29) is 31.0 Å². The molecule has 2 amide bonds. The lowest BCUT2D eigenvalue weighted by Crippen LogP contribution is -2.53. The molecule has 0 saturated heterocycles. The molecule has 1 atom stereocenters. The number of nitrogens with zero attached hydrogens (tertiary/aromatic N) is 1. The maximum absolute atomic E-state index is 13.7. The number of nitrogens with one attached hydrogen (secondary N) is 1. The number of rotatable bonds is 10. The summed E-state index contributed by atoms with van der Waals surface area (Å²) >= 11 is 16.0. The van der Waals surface area contributed by atoms with E-state index in [0.29, 0.717) is 27.8 Å². The zero-order valence-corrected chi connectivity index (χ0v) is 23.4. The van der Waals surface area contributed by atoms with Crippen LogP contribution in [0.5, 0.6) is 5.75 Å². The summed E-state index contributed by atoms with van der Waals surface area (Å²) < 4.78 is 6.72. The van der Waals surface area contributed by atoms with E-state index >= 15 is 0 Å². The van der Waals surface area contributed by atoms with Gasteiger partial charge in [-0.1, -0.05) is 88.4 Å². The number of amides is 2. The fourth-order valence-electron chi connectivity index (χ4n) is 4.51. The first kappa shape index (κ1) is 27.5. The molecule has 0 aromatic heterocycles. The second kappa shape index (κ2) is 13.3. The van der Waals surface area contributed by atoms with E-state index < -0.39 is 6.04 Å². The van der Waals surface area contributed by atoms with Gasteiger partial charge in [-0.15, -0.1) is 0 Å². The van der Waals surface area contributed by atoms with E-state index in [1.54, 1.807) is 35.2 Å². The standard InChI is InChI=1S/C29H29BrCl2N2O3/c30-22-11-14-25(15-12-22)37-19-28(35)34(18-21-10-13-23(31)17-26(21)32)27(16-20-6-2-1-3-7-20)29(36)33-24-8-4-5-9-24/h1-3,6-7,10-15,17,24,27H,4-5,8-9,16,18-19H2,(H,33,36)/t27-/m0/s1. The summed E-state index contributed by atoms with van der Waals surface area (Å²) in [4.78, 5) is 28.9. The van der Waals surface area contributed by atoms with Crippen LogP contribution in [0.3, 0.4) is 0 Å². The van der Waals surface area contributed by atoms with Crippen molar-refractivity contribution in [3.63, 3.8) is 0 Å². The highest BCUT2D eigenvalue weighted by Crippen LogP contribution is 2.25. The molecule has 1 aliphatic rings. The molecule has 1 aliphatic carbocycles. The molecule has 0 aliphatic heterocycles. The smallest absolute Gasteiger partial charge is 0.261 e. The number of halogens is 3. The van der Waals surface area contributed by atoms with Gasteiger partial charge in [0.1, 0.15) is 11.8 Å². The molecule has 0 spiro atoms. The van der Waals surface area contributed by atoms with E-state index in [9.17, 15) is 9.59 Å². The van der Waals surface area contributed by atoms with Gasteiger partial charge in [0.25, 0.3) is 5.91 Å². The third kappa shape index (κ3) is 7.97. The van der Waals surface area contributed by atoms with Crippen LogP contribution in [0.25, 0.3) is 0 Å². The highest BCUT2D eigenvalue weighted by molar-refractivity contribution is 9.10. The van der Waals surface area contributed by atoms with Gasteiger partial charge in [0.05, 0.1) is 0 Å². The predicted octanol–water partition coefficient (Wildman–Crippen LogP) is 6.83. The fourth-order valence-corrected chi connectivity index (χ4v) is 5.25. The summed E-state index contributed by atoms with van der Waals surface area (Å²) in [5.74, 6) is 0.0883.